The minimum atomic E-state index is 0.0499. The van der Waals surface area contributed by atoms with Crippen molar-refractivity contribution in [3.8, 4) is 0 Å². The van der Waals surface area contributed by atoms with Crippen LogP contribution < -0.4 is 4.90 Å². The lowest BCUT2D eigenvalue weighted by Crippen LogP contribution is -2.24. The van der Waals surface area contributed by atoms with Crippen molar-refractivity contribution < 1.29 is 9.90 Å². The summed E-state index contributed by atoms with van der Waals surface area (Å²) in [4.78, 5) is 13.5. The van der Waals surface area contributed by atoms with E-state index in [1.807, 2.05) is 0 Å². The van der Waals surface area contributed by atoms with Gasteiger partial charge in [-0.1, -0.05) is 0 Å². The van der Waals surface area contributed by atoms with Crippen molar-refractivity contribution in [3.63, 3.8) is 0 Å². The third kappa shape index (κ3) is 2.22. The minimum absolute atomic E-state index is 0.0499. The Morgan fingerprint density at radius 3 is 3.06 bits per heavy atom. The van der Waals surface area contributed by atoms with Crippen LogP contribution in [0.2, 0.25) is 0 Å². The SMILES string of the molecule is O=C1CC(CS)CN1c1cnn(CCO)c1. The molecular formula is C10H15N3O2S. The van der Waals surface area contributed by atoms with E-state index in [1.165, 1.54) is 0 Å². The van der Waals surface area contributed by atoms with Crippen LogP contribution in [0.15, 0.2) is 12.4 Å². The van der Waals surface area contributed by atoms with Crippen molar-refractivity contribution in [1.29, 1.82) is 0 Å². The van der Waals surface area contributed by atoms with E-state index in [2.05, 4.69) is 17.7 Å². The van der Waals surface area contributed by atoms with Gasteiger partial charge in [0, 0.05) is 19.2 Å². The zero-order valence-electron chi connectivity index (χ0n) is 8.91. The van der Waals surface area contributed by atoms with Gasteiger partial charge in [0.2, 0.25) is 5.91 Å². The van der Waals surface area contributed by atoms with E-state index in [4.69, 9.17) is 5.11 Å². The summed E-state index contributed by atoms with van der Waals surface area (Å²) < 4.78 is 1.64. The lowest BCUT2D eigenvalue weighted by Gasteiger charge is -2.13. The van der Waals surface area contributed by atoms with Crippen LogP contribution >= 0.6 is 12.6 Å². The Balaban J connectivity index is 2.09. The lowest BCUT2D eigenvalue weighted by atomic mass is 10.1. The van der Waals surface area contributed by atoms with Crippen LogP contribution in [0.5, 0.6) is 0 Å². The number of aliphatic hydroxyl groups is 1. The van der Waals surface area contributed by atoms with Crippen LogP contribution in [0.25, 0.3) is 0 Å². The highest BCUT2D eigenvalue weighted by Crippen LogP contribution is 2.24. The molecule has 1 N–H and O–H groups in total. The van der Waals surface area contributed by atoms with Gasteiger partial charge in [0.15, 0.2) is 0 Å². The van der Waals surface area contributed by atoms with E-state index in [0.717, 1.165) is 11.4 Å². The number of nitrogens with zero attached hydrogens (tertiary/aromatic N) is 3. The molecule has 0 radical (unpaired) electrons. The Bertz CT molecular complexity index is 380. The van der Waals surface area contributed by atoms with Gasteiger partial charge in [0.1, 0.15) is 0 Å². The normalized spacial score (nSPS) is 20.8. The average Bonchev–Trinajstić information content (AvgIpc) is 2.85. The van der Waals surface area contributed by atoms with Gasteiger partial charge in [-0.25, -0.2) is 0 Å². The predicted molar refractivity (Wildman–Crippen MR) is 63.6 cm³/mol. The fourth-order valence-electron chi connectivity index (χ4n) is 1.87. The van der Waals surface area contributed by atoms with Gasteiger partial charge in [-0.3, -0.25) is 9.48 Å². The third-order valence-electron chi connectivity index (χ3n) is 2.72. The van der Waals surface area contributed by atoms with Crippen LogP contribution in [0.1, 0.15) is 6.42 Å². The van der Waals surface area contributed by atoms with Crippen LogP contribution in [-0.2, 0) is 11.3 Å². The topological polar surface area (TPSA) is 58.4 Å². The molecule has 0 aliphatic carbocycles. The lowest BCUT2D eigenvalue weighted by molar-refractivity contribution is -0.117. The number of amides is 1. The summed E-state index contributed by atoms with van der Waals surface area (Å²) in [6, 6.07) is 0. The first-order valence-electron chi connectivity index (χ1n) is 5.29. The van der Waals surface area contributed by atoms with E-state index in [-0.39, 0.29) is 12.5 Å². The maximum absolute atomic E-state index is 11.7. The molecule has 0 bridgehead atoms. The van der Waals surface area contributed by atoms with E-state index < -0.39 is 0 Å². The largest absolute Gasteiger partial charge is 0.394 e. The van der Waals surface area contributed by atoms with Gasteiger partial charge in [0.05, 0.1) is 25.0 Å². The fourth-order valence-corrected chi connectivity index (χ4v) is 2.11. The molecule has 1 fully saturated rings. The Morgan fingerprint density at radius 1 is 1.62 bits per heavy atom. The van der Waals surface area contributed by atoms with E-state index in [9.17, 15) is 4.79 Å². The zero-order chi connectivity index (χ0) is 11.5. The molecule has 1 aromatic rings. The Kier molecular flexibility index (Phi) is 3.50. The maximum atomic E-state index is 11.7. The maximum Gasteiger partial charge on any atom is 0.227 e. The molecule has 1 saturated heterocycles. The number of aliphatic hydroxyl groups excluding tert-OH is 1. The summed E-state index contributed by atoms with van der Waals surface area (Å²) in [5.41, 5.74) is 0.808. The Morgan fingerprint density at radius 2 is 2.44 bits per heavy atom. The monoisotopic (exact) mass is 241 g/mol. The molecule has 1 aliphatic heterocycles. The fraction of sp³-hybridized carbons (Fsp3) is 0.600. The van der Waals surface area contributed by atoms with Crippen molar-refractivity contribution in [3.05, 3.63) is 12.4 Å². The average molecular weight is 241 g/mol. The summed E-state index contributed by atoms with van der Waals surface area (Å²) in [6.07, 6.45) is 4.01. The van der Waals surface area contributed by atoms with Crippen molar-refractivity contribution in [2.24, 2.45) is 5.92 Å². The second kappa shape index (κ2) is 4.88. The molecule has 16 heavy (non-hydrogen) atoms. The first kappa shape index (κ1) is 11.5. The van der Waals surface area contributed by atoms with Crippen LogP contribution in [0.3, 0.4) is 0 Å². The number of hydrogen-bond donors (Lipinski definition) is 2. The molecule has 6 heteroatoms. The van der Waals surface area contributed by atoms with Crippen LogP contribution in [0.4, 0.5) is 5.69 Å². The first-order valence-corrected chi connectivity index (χ1v) is 5.92. The molecule has 2 rings (SSSR count). The Labute approximate surface area is 99.5 Å². The number of anilines is 1. The predicted octanol–water partition coefficient (Wildman–Crippen LogP) is 0.158. The highest BCUT2D eigenvalue weighted by atomic mass is 32.1. The molecule has 1 aromatic heterocycles. The summed E-state index contributed by atoms with van der Waals surface area (Å²) >= 11 is 4.22. The van der Waals surface area contributed by atoms with Crippen LogP contribution in [0, 0.1) is 5.92 Å². The smallest absolute Gasteiger partial charge is 0.227 e. The molecular weight excluding hydrogens is 226 g/mol. The summed E-state index contributed by atoms with van der Waals surface area (Å²) in [5.74, 6) is 1.19. The molecule has 0 spiro atoms. The zero-order valence-corrected chi connectivity index (χ0v) is 9.81. The molecule has 0 aromatic carbocycles. The van der Waals surface area contributed by atoms with Crippen LogP contribution in [-0.4, -0.2) is 39.7 Å². The number of thiol groups is 1. The van der Waals surface area contributed by atoms with Gasteiger partial charge >= 0.3 is 0 Å². The number of aromatic nitrogens is 2. The molecule has 1 amide bonds. The van der Waals surface area contributed by atoms with Gasteiger partial charge in [0.25, 0.3) is 0 Å². The summed E-state index contributed by atoms with van der Waals surface area (Å²) in [6.45, 7) is 1.22. The molecule has 1 unspecified atom stereocenters. The summed E-state index contributed by atoms with van der Waals surface area (Å²) in [7, 11) is 0. The standard InChI is InChI=1S/C10H15N3O2S/c14-2-1-12-6-9(4-11-12)13-5-8(7-16)3-10(13)15/h4,6,8,14,16H,1-3,5,7H2. The summed E-state index contributed by atoms with van der Waals surface area (Å²) in [5, 5.41) is 12.9. The molecule has 88 valence electrons. The quantitative estimate of drug-likeness (QED) is 0.738. The molecule has 2 heterocycles. The molecule has 0 saturated carbocycles. The van der Waals surface area contributed by atoms with E-state index in [0.29, 0.717) is 25.4 Å². The molecule has 1 aliphatic rings. The van der Waals surface area contributed by atoms with Gasteiger partial charge in [-0.05, 0) is 11.7 Å². The van der Waals surface area contributed by atoms with Crippen molar-refractivity contribution in [2.75, 3.05) is 23.8 Å². The Hall–Kier alpha value is -1.01. The van der Waals surface area contributed by atoms with Crippen molar-refractivity contribution in [2.45, 2.75) is 13.0 Å². The first-order chi connectivity index (χ1) is 7.74. The van der Waals surface area contributed by atoms with Crippen molar-refractivity contribution in [1.82, 2.24) is 9.78 Å². The second-order valence-corrected chi connectivity index (χ2v) is 4.31. The highest BCUT2D eigenvalue weighted by molar-refractivity contribution is 7.80. The van der Waals surface area contributed by atoms with Gasteiger partial charge in [-0.2, -0.15) is 17.7 Å². The van der Waals surface area contributed by atoms with E-state index in [1.54, 1.807) is 22.0 Å². The van der Waals surface area contributed by atoms with Gasteiger partial charge in [-0.15, -0.1) is 0 Å². The second-order valence-electron chi connectivity index (χ2n) is 3.94. The highest BCUT2D eigenvalue weighted by Gasteiger charge is 2.30. The molecule has 5 nitrogen and oxygen atoms in total. The third-order valence-corrected chi connectivity index (χ3v) is 3.24. The number of carbonyl (C=O) groups is 1. The number of rotatable bonds is 4. The van der Waals surface area contributed by atoms with Gasteiger partial charge < -0.3 is 10.0 Å². The number of carbonyl (C=O) groups excluding carboxylic acids is 1. The minimum Gasteiger partial charge on any atom is -0.394 e. The molecule has 1 atom stereocenters. The number of hydrogen-bond acceptors (Lipinski definition) is 4. The van der Waals surface area contributed by atoms with E-state index >= 15 is 0 Å². The van der Waals surface area contributed by atoms with Crippen molar-refractivity contribution >= 4 is 24.2 Å².